The molecule has 0 radical (unpaired) electrons. The second-order valence-electron chi connectivity index (χ2n) is 5.78. The van der Waals surface area contributed by atoms with Gasteiger partial charge in [0.15, 0.2) is 0 Å². The molecule has 1 unspecified atom stereocenters. The first-order chi connectivity index (χ1) is 10.2. The Kier molecular flexibility index (Phi) is 3.05. The second-order valence-corrected chi connectivity index (χ2v) is 6.89. The molecule has 0 saturated heterocycles. The molecule has 106 valence electrons. The summed E-state index contributed by atoms with van der Waals surface area (Å²) in [6.07, 6.45) is 0. The van der Waals surface area contributed by atoms with Crippen LogP contribution in [-0.4, -0.2) is 18.5 Å². The van der Waals surface area contributed by atoms with Gasteiger partial charge in [0.2, 0.25) is 0 Å². The van der Waals surface area contributed by atoms with E-state index in [1.165, 1.54) is 16.0 Å². The highest BCUT2D eigenvalue weighted by atomic mass is 32.1. The summed E-state index contributed by atoms with van der Waals surface area (Å²) in [6, 6.07) is 16.0. The van der Waals surface area contributed by atoms with Crippen LogP contribution in [0.4, 0.5) is 4.39 Å². The lowest BCUT2D eigenvalue weighted by molar-refractivity contribution is 0.296. The molecule has 0 fully saturated rings. The van der Waals surface area contributed by atoms with Crippen molar-refractivity contribution in [2.45, 2.75) is 12.5 Å². The predicted molar refractivity (Wildman–Crippen MR) is 86.4 cm³/mol. The van der Waals surface area contributed by atoms with Crippen LogP contribution in [0.15, 0.2) is 48.5 Å². The van der Waals surface area contributed by atoms with E-state index in [0.29, 0.717) is 5.92 Å². The van der Waals surface area contributed by atoms with E-state index in [1.807, 2.05) is 6.07 Å². The highest BCUT2D eigenvalue weighted by Crippen LogP contribution is 2.38. The van der Waals surface area contributed by atoms with Gasteiger partial charge in [-0.05, 0) is 41.8 Å². The molecule has 2 aromatic carbocycles. The standard InChI is InChI=1S/C18H16FNS/c1-20-10-13-4-2-3-5-15(13)16(11-20)18-8-12-6-7-14(19)9-17(12)21-18/h2-9,16H,10-11H2,1H3. The van der Waals surface area contributed by atoms with E-state index in [1.54, 1.807) is 23.5 Å². The van der Waals surface area contributed by atoms with Crippen LogP contribution in [0, 0.1) is 5.82 Å². The van der Waals surface area contributed by atoms with Crippen LogP contribution in [0.25, 0.3) is 10.1 Å². The Balaban J connectivity index is 1.84. The van der Waals surface area contributed by atoms with Crippen molar-refractivity contribution < 1.29 is 4.39 Å². The van der Waals surface area contributed by atoms with Gasteiger partial charge in [-0.1, -0.05) is 30.3 Å². The van der Waals surface area contributed by atoms with Crippen molar-refractivity contribution in [2.75, 3.05) is 13.6 Å². The third-order valence-corrected chi connectivity index (χ3v) is 5.42. The zero-order chi connectivity index (χ0) is 14.4. The van der Waals surface area contributed by atoms with Crippen LogP contribution < -0.4 is 0 Å². The SMILES string of the molecule is CN1Cc2ccccc2C(c2cc3ccc(F)cc3s2)C1. The molecule has 3 heteroatoms. The normalized spacial score (nSPS) is 18.9. The zero-order valence-electron chi connectivity index (χ0n) is 11.8. The van der Waals surface area contributed by atoms with E-state index >= 15 is 0 Å². The Labute approximate surface area is 127 Å². The lowest BCUT2D eigenvalue weighted by Gasteiger charge is -2.31. The van der Waals surface area contributed by atoms with E-state index in [0.717, 1.165) is 23.2 Å². The van der Waals surface area contributed by atoms with E-state index in [9.17, 15) is 4.39 Å². The van der Waals surface area contributed by atoms with Crippen LogP contribution in [0.1, 0.15) is 21.9 Å². The van der Waals surface area contributed by atoms with Gasteiger partial charge in [-0.15, -0.1) is 11.3 Å². The maximum Gasteiger partial charge on any atom is 0.124 e. The van der Waals surface area contributed by atoms with Crippen molar-refractivity contribution in [1.82, 2.24) is 4.90 Å². The lowest BCUT2D eigenvalue weighted by Crippen LogP contribution is -2.30. The van der Waals surface area contributed by atoms with Gasteiger partial charge >= 0.3 is 0 Å². The third kappa shape index (κ3) is 2.27. The number of benzene rings is 2. The van der Waals surface area contributed by atoms with Gasteiger partial charge in [0.25, 0.3) is 0 Å². The topological polar surface area (TPSA) is 3.24 Å². The summed E-state index contributed by atoms with van der Waals surface area (Å²) in [5.41, 5.74) is 2.82. The summed E-state index contributed by atoms with van der Waals surface area (Å²) in [5.74, 6) is 0.234. The fourth-order valence-electron chi connectivity index (χ4n) is 3.22. The van der Waals surface area contributed by atoms with Gasteiger partial charge in [0.05, 0.1) is 0 Å². The highest BCUT2D eigenvalue weighted by Gasteiger charge is 2.25. The Morgan fingerprint density at radius 3 is 2.90 bits per heavy atom. The number of rotatable bonds is 1. The van der Waals surface area contributed by atoms with Crippen molar-refractivity contribution in [3.05, 3.63) is 70.4 Å². The molecule has 1 aromatic heterocycles. The van der Waals surface area contributed by atoms with Crippen LogP contribution in [0.3, 0.4) is 0 Å². The zero-order valence-corrected chi connectivity index (χ0v) is 12.7. The highest BCUT2D eigenvalue weighted by molar-refractivity contribution is 7.19. The van der Waals surface area contributed by atoms with Crippen molar-refractivity contribution >= 4 is 21.4 Å². The molecule has 1 atom stereocenters. The number of hydrogen-bond donors (Lipinski definition) is 0. The van der Waals surface area contributed by atoms with Gasteiger partial charge in [-0.25, -0.2) is 4.39 Å². The molecular formula is C18H16FNS. The molecule has 1 aliphatic heterocycles. The average Bonchev–Trinajstić information content (AvgIpc) is 2.89. The summed E-state index contributed by atoms with van der Waals surface area (Å²) < 4.78 is 14.4. The number of likely N-dealkylation sites (N-methyl/N-ethyl adjacent to an activating group) is 1. The fraction of sp³-hybridized carbons (Fsp3) is 0.222. The minimum atomic E-state index is -0.155. The van der Waals surface area contributed by atoms with E-state index < -0.39 is 0 Å². The van der Waals surface area contributed by atoms with E-state index in [-0.39, 0.29) is 5.82 Å². The maximum absolute atomic E-state index is 13.4. The first-order valence-corrected chi connectivity index (χ1v) is 7.98. The van der Waals surface area contributed by atoms with Gasteiger partial charge < -0.3 is 4.90 Å². The number of fused-ring (bicyclic) bond motifs is 2. The fourth-order valence-corrected chi connectivity index (χ4v) is 4.42. The largest absolute Gasteiger partial charge is 0.301 e. The Morgan fingerprint density at radius 1 is 1.14 bits per heavy atom. The summed E-state index contributed by atoms with van der Waals surface area (Å²) >= 11 is 1.72. The first-order valence-electron chi connectivity index (χ1n) is 7.16. The molecule has 0 saturated carbocycles. The molecule has 1 nitrogen and oxygen atoms in total. The van der Waals surface area contributed by atoms with Crippen molar-refractivity contribution in [1.29, 1.82) is 0 Å². The molecule has 0 N–H and O–H groups in total. The third-order valence-electron chi connectivity index (χ3n) is 4.21. The molecule has 3 aromatic rings. The van der Waals surface area contributed by atoms with E-state index in [4.69, 9.17) is 0 Å². The Morgan fingerprint density at radius 2 is 2.00 bits per heavy atom. The lowest BCUT2D eigenvalue weighted by atomic mass is 9.89. The molecule has 0 amide bonds. The van der Waals surface area contributed by atoms with Gasteiger partial charge in [-0.2, -0.15) is 0 Å². The van der Waals surface area contributed by atoms with Crippen LogP contribution in [0.2, 0.25) is 0 Å². The van der Waals surface area contributed by atoms with Crippen LogP contribution in [0.5, 0.6) is 0 Å². The van der Waals surface area contributed by atoms with Crippen LogP contribution in [-0.2, 0) is 6.54 Å². The smallest absolute Gasteiger partial charge is 0.124 e. The summed E-state index contributed by atoms with van der Waals surface area (Å²) in [6.45, 7) is 2.03. The predicted octanol–water partition coefficient (Wildman–Crippen LogP) is 4.62. The molecule has 0 aliphatic carbocycles. The molecule has 0 spiro atoms. The summed E-state index contributed by atoms with van der Waals surface area (Å²) in [7, 11) is 2.16. The summed E-state index contributed by atoms with van der Waals surface area (Å²) in [4.78, 5) is 3.69. The monoisotopic (exact) mass is 297 g/mol. The molecule has 4 rings (SSSR count). The Hall–Kier alpha value is -1.71. The molecular weight excluding hydrogens is 281 g/mol. The first kappa shape index (κ1) is 13.0. The maximum atomic E-state index is 13.4. The number of nitrogens with zero attached hydrogens (tertiary/aromatic N) is 1. The quantitative estimate of drug-likeness (QED) is 0.633. The molecule has 1 aliphatic rings. The average molecular weight is 297 g/mol. The number of halogens is 1. The number of thiophene rings is 1. The van der Waals surface area contributed by atoms with Crippen molar-refractivity contribution in [3.63, 3.8) is 0 Å². The van der Waals surface area contributed by atoms with Gasteiger partial charge in [0, 0.05) is 28.6 Å². The van der Waals surface area contributed by atoms with Gasteiger partial charge in [0.1, 0.15) is 5.82 Å². The molecule has 21 heavy (non-hydrogen) atoms. The minimum absolute atomic E-state index is 0.155. The van der Waals surface area contributed by atoms with Crippen molar-refractivity contribution in [2.24, 2.45) is 0 Å². The molecule has 0 bridgehead atoms. The second kappa shape index (κ2) is 4.93. The van der Waals surface area contributed by atoms with Gasteiger partial charge in [-0.3, -0.25) is 0 Å². The molecule has 2 heterocycles. The number of hydrogen-bond acceptors (Lipinski definition) is 2. The Bertz CT molecular complexity index is 808. The van der Waals surface area contributed by atoms with Crippen molar-refractivity contribution in [3.8, 4) is 0 Å². The summed E-state index contributed by atoms with van der Waals surface area (Å²) in [5, 5.41) is 1.14. The van der Waals surface area contributed by atoms with E-state index in [2.05, 4.69) is 42.3 Å². The minimum Gasteiger partial charge on any atom is -0.301 e. The van der Waals surface area contributed by atoms with Crippen LogP contribution >= 0.6 is 11.3 Å².